The lowest BCUT2D eigenvalue weighted by molar-refractivity contribution is -0.114. The Morgan fingerprint density at radius 3 is 2.80 bits per heavy atom. The monoisotopic (exact) mass is 158 g/mol. The largest absolute Gasteiger partial charge is 0.381 e. The van der Waals surface area contributed by atoms with Crippen LogP contribution in [-0.2, 0) is 4.79 Å². The van der Waals surface area contributed by atoms with E-state index in [0.717, 1.165) is 0 Å². The number of nitrogens with zero attached hydrogens (tertiary/aromatic N) is 1. The molecule has 0 aliphatic carbocycles. The second-order valence-electron chi connectivity index (χ2n) is 1.79. The van der Waals surface area contributed by atoms with E-state index in [1.54, 1.807) is 0 Å². The van der Waals surface area contributed by atoms with Crippen molar-refractivity contribution in [1.29, 1.82) is 0 Å². The SMILES string of the molecule is NC1=NC(=S)NC(N)C1=O. The van der Waals surface area contributed by atoms with Crippen molar-refractivity contribution in [3.63, 3.8) is 0 Å². The first-order chi connectivity index (χ1) is 4.61. The fourth-order valence-corrected chi connectivity index (χ4v) is 0.780. The molecule has 5 nitrogen and oxygen atoms in total. The summed E-state index contributed by atoms with van der Waals surface area (Å²) in [6.07, 6.45) is -0.829. The molecule has 0 saturated carbocycles. The van der Waals surface area contributed by atoms with E-state index in [-0.39, 0.29) is 10.9 Å². The molecule has 1 atom stereocenters. The van der Waals surface area contributed by atoms with Gasteiger partial charge in [-0.3, -0.25) is 4.79 Å². The number of carbonyl (C=O) groups excluding carboxylic acids is 1. The van der Waals surface area contributed by atoms with Gasteiger partial charge in [-0.1, -0.05) is 0 Å². The molecule has 10 heavy (non-hydrogen) atoms. The number of rotatable bonds is 0. The zero-order valence-corrected chi connectivity index (χ0v) is 5.81. The van der Waals surface area contributed by atoms with Crippen LogP contribution in [0.3, 0.4) is 0 Å². The Labute approximate surface area is 62.5 Å². The second kappa shape index (κ2) is 2.31. The van der Waals surface area contributed by atoms with Gasteiger partial charge in [-0.25, -0.2) is 0 Å². The van der Waals surface area contributed by atoms with E-state index in [1.807, 2.05) is 0 Å². The maximum Gasteiger partial charge on any atom is 0.234 e. The molecule has 0 fully saturated rings. The molecule has 0 amide bonds. The summed E-state index contributed by atoms with van der Waals surface area (Å²) in [6.45, 7) is 0. The van der Waals surface area contributed by atoms with Crippen LogP contribution < -0.4 is 16.8 Å². The number of ketones is 1. The minimum atomic E-state index is -0.829. The fourth-order valence-electron chi connectivity index (χ4n) is 0.555. The highest BCUT2D eigenvalue weighted by Gasteiger charge is 2.22. The Kier molecular flexibility index (Phi) is 1.64. The molecular formula is C4H6N4OS. The average molecular weight is 158 g/mol. The molecule has 1 heterocycles. The lowest BCUT2D eigenvalue weighted by Crippen LogP contribution is -2.54. The molecule has 6 heteroatoms. The molecule has 1 unspecified atom stereocenters. The molecule has 0 radical (unpaired) electrons. The van der Waals surface area contributed by atoms with Crippen LogP contribution in [0.25, 0.3) is 0 Å². The van der Waals surface area contributed by atoms with Gasteiger partial charge in [0, 0.05) is 0 Å². The van der Waals surface area contributed by atoms with Crippen molar-refractivity contribution >= 4 is 28.9 Å². The first-order valence-corrected chi connectivity index (χ1v) is 2.96. The number of hydrogen-bond donors (Lipinski definition) is 3. The van der Waals surface area contributed by atoms with Crippen LogP contribution in [0.15, 0.2) is 4.99 Å². The van der Waals surface area contributed by atoms with E-state index >= 15 is 0 Å². The number of Topliss-reactive ketones (excluding diaryl/α,β-unsaturated/α-hetero) is 1. The molecule has 0 aromatic heterocycles. The third-order valence-corrected chi connectivity index (χ3v) is 1.25. The number of hydrogen-bond acceptors (Lipinski definition) is 4. The summed E-state index contributed by atoms with van der Waals surface area (Å²) in [6, 6.07) is 0. The fraction of sp³-hybridized carbons (Fsp3) is 0.250. The van der Waals surface area contributed by atoms with Gasteiger partial charge in [0.1, 0.15) is 6.17 Å². The maximum atomic E-state index is 10.8. The van der Waals surface area contributed by atoms with Gasteiger partial charge in [0.15, 0.2) is 10.9 Å². The summed E-state index contributed by atoms with van der Waals surface area (Å²) in [5.74, 6) is -0.551. The van der Waals surface area contributed by atoms with Crippen molar-refractivity contribution in [2.75, 3.05) is 0 Å². The number of nitrogens with two attached hydrogens (primary N) is 2. The molecule has 0 aromatic carbocycles. The van der Waals surface area contributed by atoms with E-state index < -0.39 is 11.9 Å². The van der Waals surface area contributed by atoms with Gasteiger partial charge in [0.05, 0.1) is 0 Å². The molecule has 1 aliphatic heterocycles. The van der Waals surface area contributed by atoms with E-state index in [4.69, 9.17) is 11.5 Å². The van der Waals surface area contributed by atoms with Gasteiger partial charge >= 0.3 is 0 Å². The Morgan fingerprint density at radius 2 is 2.30 bits per heavy atom. The molecule has 0 saturated heterocycles. The summed E-state index contributed by atoms with van der Waals surface area (Å²) in [5, 5.41) is 2.61. The second-order valence-corrected chi connectivity index (χ2v) is 2.18. The molecule has 0 spiro atoms. The Morgan fingerprint density at radius 1 is 1.70 bits per heavy atom. The number of aliphatic imine (C=N–C) groups is 1. The van der Waals surface area contributed by atoms with Crippen LogP contribution in [0.5, 0.6) is 0 Å². The number of thiocarbonyl (C=S) groups is 1. The lowest BCUT2D eigenvalue weighted by Gasteiger charge is -2.16. The van der Waals surface area contributed by atoms with Crippen molar-refractivity contribution in [2.24, 2.45) is 16.5 Å². The predicted molar refractivity (Wildman–Crippen MR) is 40.3 cm³/mol. The first kappa shape index (κ1) is 7.10. The maximum absolute atomic E-state index is 10.8. The lowest BCUT2D eigenvalue weighted by atomic mass is 10.3. The van der Waals surface area contributed by atoms with Crippen molar-refractivity contribution in [3.05, 3.63) is 0 Å². The van der Waals surface area contributed by atoms with Crippen LogP contribution in [0.4, 0.5) is 0 Å². The Balaban J connectivity index is 2.91. The molecular weight excluding hydrogens is 152 g/mol. The highest BCUT2D eigenvalue weighted by molar-refractivity contribution is 7.80. The molecule has 1 rings (SSSR count). The zero-order valence-electron chi connectivity index (χ0n) is 5.00. The Bertz CT molecular complexity index is 223. The first-order valence-electron chi connectivity index (χ1n) is 2.55. The third-order valence-electron chi connectivity index (χ3n) is 1.04. The van der Waals surface area contributed by atoms with Crippen LogP contribution in [0, 0.1) is 0 Å². The van der Waals surface area contributed by atoms with Gasteiger partial charge in [-0.05, 0) is 12.2 Å². The van der Waals surface area contributed by atoms with Gasteiger partial charge in [-0.15, -0.1) is 0 Å². The van der Waals surface area contributed by atoms with Crippen LogP contribution in [0.2, 0.25) is 0 Å². The highest BCUT2D eigenvalue weighted by Crippen LogP contribution is 1.89. The van der Waals surface area contributed by atoms with Crippen LogP contribution in [0.1, 0.15) is 0 Å². The number of nitrogens with one attached hydrogen (secondary N) is 1. The summed E-state index contributed by atoms with van der Waals surface area (Å²) in [4.78, 5) is 14.3. The minimum Gasteiger partial charge on any atom is -0.381 e. The predicted octanol–water partition coefficient (Wildman–Crippen LogP) is -1.91. The molecule has 5 N–H and O–H groups in total. The normalized spacial score (nSPS) is 25.7. The molecule has 1 aliphatic rings. The van der Waals surface area contributed by atoms with Gasteiger partial charge in [-0.2, -0.15) is 4.99 Å². The number of carbonyl (C=O) groups is 1. The summed E-state index contributed by atoms with van der Waals surface area (Å²) in [5.41, 5.74) is 10.4. The van der Waals surface area contributed by atoms with Crippen LogP contribution >= 0.6 is 12.2 Å². The van der Waals surface area contributed by atoms with Crippen molar-refractivity contribution in [2.45, 2.75) is 6.17 Å². The smallest absolute Gasteiger partial charge is 0.234 e. The van der Waals surface area contributed by atoms with Crippen LogP contribution in [-0.4, -0.2) is 22.9 Å². The van der Waals surface area contributed by atoms with Gasteiger partial charge in [0.25, 0.3) is 0 Å². The van der Waals surface area contributed by atoms with Gasteiger partial charge in [0.2, 0.25) is 5.78 Å². The minimum absolute atomic E-state index is 0.128. The summed E-state index contributed by atoms with van der Waals surface area (Å²) >= 11 is 4.60. The summed E-state index contributed by atoms with van der Waals surface area (Å²) in [7, 11) is 0. The standard InChI is InChI=1S/C4H6N4OS/c5-2-1(9)3(6)8-4(10)7-2/h2H,5H2,(H3,6,7,8,10). The average Bonchev–Trinajstić information content (AvgIpc) is 1.82. The molecule has 54 valence electrons. The van der Waals surface area contributed by atoms with Crippen molar-refractivity contribution in [3.8, 4) is 0 Å². The topological polar surface area (TPSA) is 93.5 Å². The number of amidine groups is 1. The molecule has 0 bridgehead atoms. The molecule has 0 aromatic rings. The highest BCUT2D eigenvalue weighted by atomic mass is 32.1. The van der Waals surface area contributed by atoms with Crippen molar-refractivity contribution in [1.82, 2.24) is 5.32 Å². The summed E-state index contributed by atoms with van der Waals surface area (Å²) < 4.78 is 0. The Hall–Kier alpha value is -1.01. The van der Waals surface area contributed by atoms with Gasteiger partial charge < -0.3 is 16.8 Å². The van der Waals surface area contributed by atoms with E-state index in [0.29, 0.717) is 0 Å². The van der Waals surface area contributed by atoms with E-state index in [2.05, 4.69) is 22.5 Å². The van der Waals surface area contributed by atoms with E-state index in [1.165, 1.54) is 0 Å². The quantitative estimate of drug-likeness (QED) is 0.357. The zero-order chi connectivity index (χ0) is 7.72. The van der Waals surface area contributed by atoms with E-state index in [9.17, 15) is 4.79 Å². The van der Waals surface area contributed by atoms with Crippen molar-refractivity contribution < 1.29 is 4.79 Å². The third kappa shape index (κ3) is 1.12.